The van der Waals surface area contributed by atoms with Gasteiger partial charge in [0.05, 0.1) is 5.92 Å². The highest BCUT2D eigenvalue weighted by Gasteiger charge is 2.31. The average molecular weight is 174 g/mol. The highest BCUT2D eigenvalue weighted by atomic mass is 16.9. The molecule has 0 bridgehead atoms. The summed E-state index contributed by atoms with van der Waals surface area (Å²) in [6.45, 7) is -0.357. The molecule has 0 radical (unpaired) electrons. The summed E-state index contributed by atoms with van der Waals surface area (Å²) in [6, 6.07) is 0. The van der Waals surface area contributed by atoms with E-state index < -0.39 is 22.8 Å². The molecule has 1 fully saturated rings. The molecule has 0 aliphatic carbocycles. The number of nitrogens with zero attached hydrogens (tertiary/aromatic N) is 1. The third kappa shape index (κ3) is 1.91. The summed E-state index contributed by atoms with van der Waals surface area (Å²) < 4.78 is 0. The summed E-state index contributed by atoms with van der Waals surface area (Å²) in [5.41, 5.74) is 0. The second-order valence-corrected chi connectivity index (χ2v) is 2.33. The van der Waals surface area contributed by atoms with Gasteiger partial charge in [-0.25, -0.2) is 0 Å². The molecule has 1 N–H and O–H groups in total. The van der Waals surface area contributed by atoms with Crippen LogP contribution in [0.3, 0.4) is 0 Å². The molecule has 0 aromatic heterocycles. The zero-order valence-electron chi connectivity index (χ0n) is 5.98. The lowest BCUT2D eigenvalue weighted by molar-refractivity contribution is -0.758. The SMILES string of the molecule is O=C1CC(CO[N+](=O)[O-])C(=O)N1. The van der Waals surface area contributed by atoms with Crippen molar-refractivity contribution in [2.75, 3.05) is 6.61 Å². The molecule has 1 aliphatic rings. The van der Waals surface area contributed by atoms with Gasteiger partial charge in [0.2, 0.25) is 11.8 Å². The zero-order chi connectivity index (χ0) is 9.14. The maximum Gasteiger partial charge on any atom is 0.294 e. The predicted octanol–water partition coefficient (Wildman–Crippen LogP) is -1.14. The lowest BCUT2D eigenvalue weighted by Gasteiger charge is -2.01. The van der Waals surface area contributed by atoms with Crippen molar-refractivity contribution < 1.29 is 19.5 Å². The number of carbonyl (C=O) groups excluding carboxylic acids is 2. The van der Waals surface area contributed by atoms with E-state index in [1.807, 2.05) is 5.32 Å². The van der Waals surface area contributed by atoms with Crippen molar-refractivity contribution >= 4 is 11.8 Å². The minimum atomic E-state index is -0.990. The van der Waals surface area contributed by atoms with E-state index in [4.69, 9.17) is 0 Å². The first-order chi connectivity index (χ1) is 5.59. The number of nitrogens with one attached hydrogen (secondary N) is 1. The molecule has 1 heterocycles. The monoisotopic (exact) mass is 174 g/mol. The van der Waals surface area contributed by atoms with E-state index in [-0.39, 0.29) is 13.0 Å². The van der Waals surface area contributed by atoms with Crippen LogP contribution >= 0.6 is 0 Å². The van der Waals surface area contributed by atoms with Gasteiger partial charge >= 0.3 is 0 Å². The largest absolute Gasteiger partial charge is 0.313 e. The maximum absolute atomic E-state index is 10.8. The number of amides is 2. The van der Waals surface area contributed by atoms with Gasteiger partial charge in [-0.05, 0) is 0 Å². The Bertz CT molecular complexity index is 238. The lowest BCUT2D eigenvalue weighted by atomic mass is 10.1. The Balaban J connectivity index is 2.38. The summed E-state index contributed by atoms with van der Waals surface area (Å²) in [6.07, 6.45) is -0.0350. The van der Waals surface area contributed by atoms with Crippen molar-refractivity contribution in [3.05, 3.63) is 10.1 Å². The number of imide groups is 1. The van der Waals surface area contributed by atoms with E-state index >= 15 is 0 Å². The molecule has 1 rings (SSSR count). The lowest BCUT2D eigenvalue weighted by Crippen LogP contribution is -2.24. The molecule has 0 spiro atoms. The smallest absolute Gasteiger partial charge is 0.294 e. The van der Waals surface area contributed by atoms with Gasteiger partial charge in [0.25, 0.3) is 5.09 Å². The summed E-state index contributed by atoms with van der Waals surface area (Å²) in [7, 11) is 0. The number of hydrogen-bond donors (Lipinski definition) is 1. The fraction of sp³-hybridized carbons (Fsp3) is 0.600. The topological polar surface area (TPSA) is 98.5 Å². The summed E-state index contributed by atoms with van der Waals surface area (Å²) in [5.74, 6) is -1.65. The van der Waals surface area contributed by atoms with Gasteiger partial charge in [-0.2, -0.15) is 0 Å². The Morgan fingerprint density at radius 1 is 1.67 bits per heavy atom. The first kappa shape index (κ1) is 8.44. The van der Waals surface area contributed by atoms with E-state index in [1.165, 1.54) is 0 Å². The molecule has 66 valence electrons. The van der Waals surface area contributed by atoms with Crippen LogP contribution in [0, 0.1) is 16.0 Å². The van der Waals surface area contributed by atoms with E-state index in [2.05, 4.69) is 4.84 Å². The summed E-state index contributed by atoms with van der Waals surface area (Å²) in [4.78, 5) is 35.0. The van der Waals surface area contributed by atoms with Gasteiger partial charge in [-0.15, -0.1) is 10.1 Å². The highest BCUT2D eigenvalue weighted by Crippen LogP contribution is 2.10. The maximum atomic E-state index is 10.8. The van der Waals surface area contributed by atoms with Gasteiger partial charge in [-0.1, -0.05) is 0 Å². The Labute approximate surface area is 66.8 Å². The zero-order valence-corrected chi connectivity index (χ0v) is 5.98. The summed E-state index contributed by atoms with van der Waals surface area (Å²) >= 11 is 0. The van der Waals surface area contributed by atoms with Gasteiger partial charge in [0.1, 0.15) is 6.61 Å². The first-order valence-corrected chi connectivity index (χ1v) is 3.20. The third-order valence-corrected chi connectivity index (χ3v) is 1.45. The summed E-state index contributed by atoms with van der Waals surface area (Å²) in [5, 5.41) is 10.7. The second kappa shape index (κ2) is 3.16. The molecule has 7 nitrogen and oxygen atoms in total. The van der Waals surface area contributed by atoms with Crippen LogP contribution in [-0.2, 0) is 14.4 Å². The molecule has 1 atom stereocenters. The van der Waals surface area contributed by atoms with E-state index in [0.29, 0.717) is 0 Å². The highest BCUT2D eigenvalue weighted by molar-refractivity contribution is 6.03. The molecule has 0 saturated carbocycles. The van der Waals surface area contributed by atoms with Crippen LogP contribution in [0.15, 0.2) is 0 Å². The van der Waals surface area contributed by atoms with E-state index in [1.54, 1.807) is 0 Å². The Morgan fingerprint density at radius 2 is 2.33 bits per heavy atom. The minimum absolute atomic E-state index is 0.0350. The molecule has 1 unspecified atom stereocenters. The average Bonchev–Trinajstić information content (AvgIpc) is 2.26. The number of hydrogen-bond acceptors (Lipinski definition) is 5. The van der Waals surface area contributed by atoms with Gasteiger partial charge in [-0.3, -0.25) is 14.9 Å². The molecule has 1 aliphatic heterocycles. The quantitative estimate of drug-likeness (QED) is 0.331. The molecular formula is C5H6N2O5. The van der Waals surface area contributed by atoms with Crippen molar-refractivity contribution in [2.45, 2.75) is 6.42 Å². The Hall–Kier alpha value is -1.66. The molecule has 0 aromatic carbocycles. The molecular weight excluding hydrogens is 168 g/mol. The second-order valence-electron chi connectivity index (χ2n) is 2.33. The van der Waals surface area contributed by atoms with Gasteiger partial charge < -0.3 is 4.84 Å². The van der Waals surface area contributed by atoms with Crippen LogP contribution in [0.2, 0.25) is 0 Å². The van der Waals surface area contributed by atoms with Gasteiger partial charge in [0, 0.05) is 6.42 Å². The van der Waals surface area contributed by atoms with Crippen LogP contribution in [0.1, 0.15) is 6.42 Å². The number of rotatable bonds is 3. The van der Waals surface area contributed by atoms with Crippen LogP contribution in [0.25, 0.3) is 0 Å². The van der Waals surface area contributed by atoms with Crippen LogP contribution in [0.4, 0.5) is 0 Å². The third-order valence-electron chi connectivity index (χ3n) is 1.45. The van der Waals surface area contributed by atoms with E-state index in [0.717, 1.165) is 0 Å². The fourth-order valence-electron chi connectivity index (χ4n) is 0.892. The van der Waals surface area contributed by atoms with Crippen molar-refractivity contribution in [1.82, 2.24) is 5.32 Å². The molecule has 0 aromatic rings. The van der Waals surface area contributed by atoms with E-state index in [9.17, 15) is 19.7 Å². The predicted molar refractivity (Wildman–Crippen MR) is 34.2 cm³/mol. The van der Waals surface area contributed by atoms with Crippen molar-refractivity contribution in [1.29, 1.82) is 0 Å². The van der Waals surface area contributed by atoms with Crippen molar-refractivity contribution in [3.63, 3.8) is 0 Å². The van der Waals surface area contributed by atoms with Crippen LogP contribution in [0.5, 0.6) is 0 Å². The molecule has 2 amide bonds. The van der Waals surface area contributed by atoms with Crippen molar-refractivity contribution in [2.24, 2.45) is 5.92 Å². The minimum Gasteiger partial charge on any atom is -0.313 e. The standard InChI is InChI=1S/C5H6N2O5/c8-4-1-3(5(9)6-4)2-12-7(10)11/h3H,1-2H2,(H,6,8,9). The first-order valence-electron chi connectivity index (χ1n) is 3.20. The van der Waals surface area contributed by atoms with Gasteiger partial charge in [0.15, 0.2) is 0 Å². The molecule has 12 heavy (non-hydrogen) atoms. The van der Waals surface area contributed by atoms with Crippen LogP contribution < -0.4 is 5.32 Å². The Kier molecular flexibility index (Phi) is 2.22. The number of carbonyl (C=O) groups is 2. The fourth-order valence-corrected chi connectivity index (χ4v) is 0.892. The van der Waals surface area contributed by atoms with Crippen molar-refractivity contribution in [3.8, 4) is 0 Å². The normalized spacial score (nSPS) is 22.2. The molecule has 1 saturated heterocycles. The molecule has 7 heteroatoms. The van der Waals surface area contributed by atoms with Crippen LogP contribution in [-0.4, -0.2) is 23.5 Å². The Morgan fingerprint density at radius 3 is 2.75 bits per heavy atom.